The Morgan fingerprint density at radius 2 is 2.07 bits per heavy atom. The summed E-state index contributed by atoms with van der Waals surface area (Å²) in [6, 6.07) is 0. The molecule has 2 nitrogen and oxygen atoms in total. The van der Waals surface area contributed by atoms with Crippen molar-refractivity contribution < 1.29 is 22.6 Å². The van der Waals surface area contributed by atoms with Crippen LogP contribution in [0.5, 0.6) is 0 Å². The first-order valence-electron chi connectivity index (χ1n) is 4.50. The zero-order valence-corrected chi connectivity index (χ0v) is 7.88. The number of hydrogen-bond donors (Lipinski definition) is 0. The summed E-state index contributed by atoms with van der Waals surface area (Å²) in [6.45, 7) is 2.08. The second-order valence-corrected chi connectivity index (χ2v) is 3.24. The Bertz CT molecular complexity index is 201. The number of alkyl halides is 3. The van der Waals surface area contributed by atoms with Crippen LogP contribution in [0.4, 0.5) is 13.2 Å². The van der Waals surface area contributed by atoms with Crippen LogP contribution in [-0.4, -0.2) is 19.1 Å². The third-order valence-corrected chi connectivity index (χ3v) is 2.18. The highest BCUT2D eigenvalue weighted by Gasteiger charge is 2.41. The quantitative estimate of drug-likeness (QED) is 0.664. The second-order valence-electron chi connectivity index (χ2n) is 3.24. The average Bonchev–Trinajstić information content (AvgIpc) is 2.05. The fourth-order valence-electron chi connectivity index (χ4n) is 1.33. The smallest absolute Gasteiger partial charge is 0.501 e. The summed E-state index contributed by atoms with van der Waals surface area (Å²) in [5, 5.41) is 0. The van der Waals surface area contributed by atoms with Gasteiger partial charge in [0, 0.05) is 5.92 Å². The largest absolute Gasteiger partial charge is 0.522 e. The van der Waals surface area contributed by atoms with E-state index in [-0.39, 0.29) is 5.92 Å². The molecule has 2 unspecified atom stereocenters. The molecule has 82 valence electrons. The van der Waals surface area contributed by atoms with Crippen LogP contribution in [0.3, 0.4) is 0 Å². The summed E-state index contributed by atoms with van der Waals surface area (Å²) >= 11 is 0. The highest BCUT2D eigenvalue weighted by atomic mass is 19.4. The molecule has 1 rings (SSSR count). The van der Waals surface area contributed by atoms with E-state index in [9.17, 15) is 13.2 Å². The molecule has 0 aliphatic heterocycles. The van der Waals surface area contributed by atoms with Gasteiger partial charge in [-0.3, -0.25) is 4.74 Å². The highest BCUT2D eigenvalue weighted by molar-refractivity contribution is 4.82. The van der Waals surface area contributed by atoms with Gasteiger partial charge in [0.15, 0.2) is 0 Å². The summed E-state index contributed by atoms with van der Waals surface area (Å²) in [5.74, 6) is -0.132. The van der Waals surface area contributed by atoms with Crippen molar-refractivity contribution in [2.45, 2.75) is 32.2 Å². The van der Waals surface area contributed by atoms with Crippen LogP contribution >= 0.6 is 0 Å². The molecule has 0 heterocycles. The normalized spacial score (nSPS) is 27.7. The van der Waals surface area contributed by atoms with Gasteiger partial charge in [0.05, 0.1) is 19.0 Å². The summed E-state index contributed by atoms with van der Waals surface area (Å²) in [4.78, 5) is 0. The predicted molar refractivity (Wildman–Crippen MR) is 44.4 cm³/mol. The highest BCUT2D eigenvalue weighted by Crippen LogP contribution is 2.35. The van der Waals surface area contributed by atoms with Crippen LogP contribution in [0, 0.1) is 5.92 Å². The summed E-state index contributed by atoms with van der Waals surface area (Å²) in [5.41, 5.74) is 0. The first-order valence-corrected chi connectivity index (χ1v) is 4.50. The van der Waals surface area contributed by atoms with Gasteiger partial charge in [0.1, 0.15) is 0 Å². The van der Waals surface area contributed by atoms with Crippen LogP contribution in [0.15, 0.2) is 12.3 Å². The molecule has 0 aromatic heterocycles. The van der Waals surface area contributed by atoms with Gasteiger partial charge < -0.3 is 4.74 Å². The maximum atomic E-state index is 11.8. The lowest BCUT2D eigenvalue weighted by molar-refractivity contribution is -0.359. The molecule has 0 radical (unpaired) electrons. The monoisotopic (exact) mass is 210 g/mol. The molecule has 0 bridgehead atoms. The fraction of sp³-hybridized carbons (Fsp3) is 0.778. The van der Waals surface area contributed by atoms with Crippen molar-refractivity contribution in [1.82, 2.24) is 0 Å². The first kappa shape index (κ1) is 11.4. The van der Waals surface area contributed by atoms with Gasteiger partial charge in [-0.25, -0.2) is 0 Å². The standard InChI is InChI=1S/C9H13F3O2/c1-2-5-13-6-7-3-4-8(7)14-9(10,11)12/h2,5,7-8H,3-4,6H2,1H3. The number of ether oxygens (including phenoxy) is 2. The van der Waals surface area contributed by atoms with E-state index in [4.69, 9.17) is 4.74 Å². The third kappa shape index (κ3) is 3.57. The molecule has 0 N–H and O–H groups in total. The van der Waals surface area contributed by atoms with Gasteiger partial charge in [-0.2, -0.15) is 0 Å². The first-order chi connectivity index (χ1) is 6.53. The lowest BCUT2D eigenvalue weighted by Crippen LogP contribution is -2.40. The molecule has 0 spiro atoms. The zero-order valence-electron chi connectivity index (χ0n) is 7.88. The zero-order chi connectivity index (χ0) is 10.6. The van der Waals surface area contributed by atoms with Crippen molar-refractivity contribution in [2.24, 2.45) is 5.92 Å². The van der Waals surface area contributed by atoms with E-state index in [1.165, 1.54) is 6.26 Å². The molecule has 0 aromatic carbocycles. The second kappa shape index (κ2) is 4.68. The van der Waals surface area contributed by atoms with Gasteiger partial charge in [-0.05, 0) is 19.8 Å². The lowest BCUT2D eigenvalue weighted by atomic mass is 9.82. The van der Waals surface area contributed by atoms with Crippen molar-refractivity contribution in [3.05, 3.63) is 12.3 Å². The van der Waals surface area contributed by atoms with Crippen LogP contribution in [0.2, 0.25) is 0 Å². The average molecular weight is 210 g/mol. The Morgan fingerprint density at radius 3 is 2.50 bits per heavy atom. The van der Waals surface area contributed by atoms with Crippen molar-refractivity contribution in [3.63, 3.8) is 0 Å². The SMILES string of the molecule is CC=COCC1CCC1OC(F)(F)F. The molecular formula is C9H13F3O2. The molecule has 5 heteroatoms. The van der Waals surface area contributed by atoms with Gasteiger partial charge in [-0.15, -0.1) is 13.2 Å². The van der Waals surface area contributed by atoms with Crippen molar-refractivity contribution in [2.75, 3.05) is 6.61 Å². The van der Waals surface area contributed by atoms with E-state index in [1.54, 1.807) is 13.0 Å². The van der Waals surface area contributed by atoms with Gasteiger partial charge in [0.25, 0.3) is 0 Å². The number of hydrogen-bond acceptors (Lipinski definition) is 2. The van der Waals surface area contributed by atoms with E-state index in [1.807, 2.05) is 0 Å². The van der Waals surface area contributed by atoms with Crippen LogP contribution in [-0.2, 0) is 9.47 Å². The van der Waals surface area contributed by atoms with E-state index >= 15 is 0 Å². The molecule has 0 aromatic rings. The Kier molecular flexibility index (Phi) is 3.80. The Morgan fingerprint density at radius 1 is 1.36 bits per heavy atom. The Hall–Kier alpha value is -0.710. The van der Waals surface area contributed by atoms with Gasteiger partial charge in [0.2, 0.25) is 0 Å². The minimum atomic E-state index is -4.52. The maximum absolute atomic E-state index is 11.8. The van der Waals surface area contributed by atoms with E-state index < -0.39 is 12.5 Å². The summed E-state index contributed by atoms with van der Waals surface area (Å²) in [7, 11) is 0. The van der Waals surface area contributed by atoms with E-state index in [0.29, 0.717) is 13.0 Å². The topological polar surface area (TPSA) is 18.5 Å². The molecular weight excluding hydrogens is 197 g/mol. The molecule has 2 atom stereocenters. The number of rotatable bonds is 4. The lowest BCUT2D eigenvalue weighted by Gasteiger charge is -2.35. The third-order valence-electron chi connectivity index (χ3n) is 2.18. The van der Waals surface area contributed by atoms with Crippen molar-refractivity contribution >= 4 is 0 Å². The van der Waals surface area contributed by atoms with Crippen molar-refractivity contribution in [3.8, 4) is 0 Å². The van der Waals surface area contributed by atoms with Crippen LogP contribution in [0.1, 0.15) is 19.8 Å². The predicted octanol–water partition coefficient (Wildman–Crippen LogP) is 2.85. The Labute approximate surface area is 80.7 Å². The molecule has 1 fully saturated rings. The van der Waals surface area contributed by atoms with Crippen molar-refractivity contribution in [1.29, 1.82) is 0 Å². The summed E-state index contributed by atoms with van der Waals surface area (Å²) < 4.78 is 44.4. The minimum absolute atomic E-state index is 0.132. The van der Waals surface area contributed by atoms with Crippen LogP contribution < -0.4 is 0 Å². The van der Waals surface area contributed by atoms with Gasteiger partial charge in [-0.1, -0.05) is 6.08 Å². The van der Waals surface area contributed by atoms with E-state index in [0.717, 1.165) is 6.42 Å². The molecule has 0 amide bonds. The van der Waals surface area contributed by atoms with Gasteiger partial charge >= 0.3 is 6.36 Å². The number of allylic oxidation sites excluding steroid dienone is 1. The minimum Gasteiger partial charge on any atom is -0.501 e. The van der Waals surface area contributed by atoms with E-state index in [2.05, 4.69) is 4.74 Å². The maximum Gasteiger partial charge on any atom is 0.522 e. The Balaban J connectivity index is 2.22. The molecule has 1 aliphatic rings. The number of halogens is 3. The van der Waals surface area contributed by atoms with Crippen LogP contribution in [0.25, 0.3) is 0 Å². The molecule has 1 saturated carbocycles. The molecule has 14 heavy (non-hydrogen) atoms. The summed E-state index contributed by atoms with van der Waals surface area (Å²) in [6.07, 6.45) is -0.882. The molecule has 1 aliphatic carbocycles. The fourth-order valence-corrected chi connectivity index (χ4v) is 1.33. The molecule has 0 saturated heterocycles.